The van der Waals surface area contributed by atoms with E-state index in [1.165, 1.54) is 0 Å². The summed E-state index contributed by atoms with van der Waals surface area (Å²) in [6.45, 7) is -35.1. The minimum atomic E-state index is -6.56. The Kier molecular flexibility index (Phi) is 2.06. The van der Waals surface area contributed by atoms with Crippen molar-refractivity contribution < 1.29 is 48.8 Å². The first-order valence-corrected chi connectivity index (χ1v) is 9.95. The van der Waals surface area contributed by atoms with E-state index in [4.69, 9.17) is 40.4 Å². The number of rotatable bonds is 7. The molecule has 1 aromatic carbocycles. The highest BCUT2D eigenvalue weighted by Gasteiger charge is 2.29. The van der Waals surface area contributed by atoms with Gasteiger partial charge in [0.1, 0.15) is 17.1 Å². The SMILES string of the molecule is [2H]c1c([2H])c(S(=O)(=O)N2C([2H])([2H])C([2H])([2H])N(C([2H])([2H])[2H])C([2H])([2H])C2([2H])[2H])c([2H])c(-c2nc3c(CC([2H])([2H])C([2H])([2H])[2H])nn(C([2H])[2H])c3c(=O)[nH]2)c1OC([2H])([2H])C([2H])([2H])[2H]. The number of H-pyrrole nitrogens is 1. The zero-order valence-electron chi connectivity index (χ0n) is 42.1. The second kappa shape index (κ2) is 9.24. The van der Waals surface area contributed by atoms with Gasteiger partial charge in [0, 0.05) is 61.8 Å². The molecule has 1 N–H and O–H groups in total. The molecule has 3 heterocycles. The number of sulfonamides is 1. The van der Waals surface area contributed by atoms with E-state index >= 15 is 0 Å². The number of piperazine rings is 1. The molecular weight excluding hydrogens is 444 g/mol. The van der Waals surface area contributed by atoms with E-state index in [0.29, 0.717) is 4.68 Å². The van der Waals surface area contributed by atoms with Crippen LogP contribution < -0.4 is 10.3 Å². The van der Waals surface area contributed by atoms with Crippen molar-refractivity contribution in [2.45, 2.75) is 31.4 Å². The lowest BCUT2D eigenvalue weighted by Gasteiger charge is -2.31. The third-order valence-electron chi connectivity index (χ3n) is 4.05. The molecular formula is C22H30N6O4S. The number of aromatic nitrogens is 4. The fraction of sp³-hybridized carbons (Fsp3) is 0.500. The van der Waals surface area contributed by atoms with E-state index in [2.05, 4.69) is 10.1 Å². The standard InChI is InChI=1S/C22H30N6O4S/c1-5-7-17-19-20(27(4)25-17)22(29)24-21(23-19)16-14-15(8-9-18(16)32-6-2)33(30,31)28-12-10-26(3)11-13-28/h8-9,14H,5-7,10-13H2,1-4H3,(H,23,24,29)/i1D3,2D3,3D3,4D2,5D2,6D2,8D,9D,10D2,11D2,12D2,13D2,14D. The number of likely N-dealkylation sites (N-methyl/N-ethyl adjacent to an activating group) is 1. The summed E-state index contributed by atoms with van der Waals surface area (Å²) in [5.74, 6) is -2.86. The van der Waals surface area contributed by atoms with Crippen LogP contribution >= 0.6 is 0 Å². The van der Waals surface area contributed by atoms with Gasteiger partial charge >= 0.3 is 0 Å². The van der Waals surface area contributed by atoms with Crippen LogP contribution in [0, 0.1) is 0 Å². The number of aromatic amines is 1. The number of nitrogens with zero attached hydrogens (tertiary/aromatic N) is 5. The Labute approximate surface area is 229 Å². The molecule has 0 atom stereocenters. The van der Waals surface area contributed by atoms with Crippen LogP contribution in [0.1, 0.15) is 61.4 Å². The van der Waals surface area contributed by atoms with Crippen molar-refractivity contribution in [3.05, 3.63) is 34.2 Å². The van der Waals surface area contributed by atoms with Gasteiger partial charge in [0.15, 0.2) is 5.52 Å². The van der Waals surface area contributed by atoms with Crippen molar-refractivity contribution in [2.24, 2.45) is 7.00 Å². The van der Waals surface area contributed by atoms with Gasteiger partial charge in [-0.25, -0.2) is 13.4 Å². The first kappa shape index (κ1) is 7.37. The fourth-order valence-electron chi connectivity index (χ4n) is 2.69. The molecule has 0 amide bonds. The smallest absolute Gasteiger partial charge is 0.277 e. The first-order valence-electron chi connectivity index (χ1n) is 21.7. The molecule has 0 aliphatic carbocycles. The maximum absolute atomic E-state index is 14.5. The lowest BCUT2D eigenvalue weighted by molar-refractivity contribution is 0.222. The van der Waals surface area contributed by atoms with Crippen LogP contribution in [-0.4, -0.2) is 76.9 Å². The molecule has 11 heteroatoms. The van der Waals surface area contributed by atoms with E-state index in [1.807, 2.05) is 4.98 Å². The molecule has 1 saturated heterocycles. The predicted octanol–water partition coefficient (Wildman–Crippen LogP) is 1.61. The quantitative estimate of drug-likeness (QED) is 0.524. The molecule has 4 rings (SSSR count). The summed E-state index contributed by atoms with van der Waals surface area (Å²) < 4.78 is 242. The Bertz CT molecular complexity index is 2320. The second-order valence-corrected chi connectivity index (χ2v) is 7.74. The van der Waals surface area contributed by atoms with Crippen LogP contribution in [-0.2, 0) is 23.4 Å². The number of ether oxygens (including phenoxy) is 1. The van der Waals surface area contributed by atoms with Crippen LogP contribution in [0.5, 0.6) is 5.75 Å². The predicted molar refractivity (Wildman–Crippen MR) is 126 cm³/mol. The van der Waals surface area contributed by atoms with Gasteiger partial charge in [0.05, 0.1) is 29.6 Å². The van der Waals surface area contributed by atoms with Crippen LogP contribution in [0.4, 0.5) is 0 Å². The Hall–Kier alpha value is -2.76. The lowest BCUT2D eigenvalue weighted by atomic mass is 10.1. The minimum absolute atomic E-state index is 0.311. The van der Waals surface area contributed by atoms with Crippen LogP contribution in [0.2, 0.25) is 0 Å². The molecule has 10 nitrogen and oxygen atoms in total. The normalized spacial score (nSPS) is 35.7. The largest absolute Gasteiger partial charge is 0.493 e. The van der Waals surface area contributed by atoms with Crippen molar-refractivity contribution in [2.75, 3.05) is 39.5 Å². The topological polar surface area (TPSA) is 113 Å². The zero-order valence-corrected chi connectivity index (χ0v) is 16.9. The molecule has 178 valence electrons. The van der Waals surface area contributed by atoms with Crippen LogP contribution in [0.25, 0.3) is 22.4 Å². The third-order valence-corrected chi connectivity index (χ3v) is 5.44. The molecule has 0 unspecified atom stereocenters. The van der Waals surface area contributed by atoms with Crippen LogP contribution in [0.15, 0.2) is 27.8 Å². The van der Waals surface area contributed by atoms with E-state index in [9.17, 15) is 13.2 Å². The summed E-state index contributed by atoms with van der Waals surface area (Å²) in [6, 6.07) is -5.46. The summed E-state index contributed by atoms with van der Waals surface area (Å²) in [4.78, 5) is 16.5. The van der Waals surface area contributed by atoms with E-state index < -0.39 is 155 Å². The zero-order chi connectivity index (χ0) is 46.2. The Morgan fingerprint density at radius 2 is 2.15 bits per heavy atom. The van der Waals surface area contributed by atoms with Crippen molar-refractivity contribution in [1.29, 1.82) is 0 Å². The lowest BCUT2D eigenvalue weighted by Crippen LogP contribution is -2.47. The summed E-state index contributed by atoms with van der Waals surface area (Å²) in [6.07, 6.45) is -4.44. The molecule has 0 saturated carbocycles. The highest BCUT2D eigenvalue weighted by atomic mass is 32.2. The van der Waals surface area contributed by atoms with Gasteiger partial charge in [0.2, 0.25) is 10.0 Å². The summed E-state index contributed by atoms with van der Waals surface area (Å²) >= 11 is 0. The molecule has 2 aromatic heterocycles. The number of hydrogen-bond acceptors (Lipinski definition) is 7. The van der Waals surface area contributed by atoms with E-state index in [-0.39, 0.29) is 0 Å². The molecule has 3 aromatic rings. The summed E-state index contributed by atoms with van der Waals surface area (Å²) in [7, 11) is -6.56. The molecule has 1 fully saturated rings. The highest BCUT2D eigenvalue weighted by Crippen LogP contribution is 2.32. The van der Waals surface area contributed by atoms with Gasteiger partial charge in [0.25, 0.3) is 5.56 Å². The average Bonchev–Trinajstić information content (AvgIpc) is 3.34. The van der Waals surface area contributed by atoms with Crippen molar-refractivity contribution >= 4 is 21.1 Å². The number of nitrogens with one attached hydrogen (secondary N) is 1. The van der Waals surface area contributed by atoms with Gasteiger partial charge in [-0.3, -0.25) is 9.48 Å². The minimum Gasteiger partial charge on any atom is -0.493 e. The van der Waals surface area contributed by atoms with Crippen molar-refractivity contribution in [3.8, 4) is 17.1 Å². The van der Waals surface area contributed by atoms with E-state index in [1.54, 1.807) is 0 Å². The Balaban J connectivity index is 2.24. The molecule has 0 spiro atoms. The molecule has 33 heavy (non-hydrogen) atoms. The maximum atomic E-state index is 14.5. The Morgan fingerprint density at radius 3 is 2.88 bits per heavy atom. The van der Waals surface area contributed by atoms with Gasteiger partial charge in [-0.15, -0.1) is 0 Å². The molecule has 1 aliphatic rings. The number of fused-ring (bicyclic) bond motifs is 1. The number of hydrogen-bond donors (Lipinski definition) is 1. The highest BCUT2D eigenvalue weighted by molar-refractivity contribution is 7.89. The number of benzene rings is 1. The summed E-state index contributed by atoms with van der Waals surface area (Å²) in [5.41, 5.74) is -5.52. The van der Waals surface area contributed by atoms with Crippen molar-refractivity contribution in [3.63, 3.8) is 0 Å². The molecule has 1 aliphatic heterocycles. The average molecular weight is 501 g/mol. The van der Waals surface area contributed by atoms with Crippen LogP contribution in [0.3, 0.4) is 0 Å². The number of aryl methyl sites for hydroxylation is 2. The Morgan fingerprint density at radius 1 is 1.30 bits per heavy atom. The van der Waals surface area contributed by atoms with E-state index in [0.717, 1.165) is 0 Å². The monoisotopic (exact) mass is 500 g/mol. The third kappa shape index (κ3) is 4.40. The molecule has 0 bridgehead atoms. The first-order chi connectivity index (χ1) is 26.0. The summed E-state index contributed by atoms with van der Waals surface area (Å²) in [5, 5.41) is 3.74. The molecule has 0 radical (unpaired) electrons. The van der Waals surface area contributed by atoms with Gasteiger partial charge in [-0.05, 0) is 38.4 Å². The van der Waals surface area contributed by atoms with Gasteiger partial charge in [-0.1, -0.05) is 13.2 Å². The fourth-order valence-corrected chi connectivity index (χ4v) is 3.60. The second-order valence-electron chi connectivity index (χ2n) is 6.02. The van der Waals surface area contributed by atoms with Gasteiger partial charge in [-0.2, -0.15) is 9.40 Å². The van der Waals surface area contributed by atoms with Gasteiger partial charge < -0.3 is 14.6 Å². The maximum Gasteiger partial charge on any atom is 0.277 e. The van der Waals surface area contributed by atoms with Crippen molar-refractivity contribution in [1.82, 2.24) is 29.0 Å².